The standard InChI is InChI=1S/C21H15Br2F3N2O3/c1-21(2)11(8-16(22)23)18(21)20(29)30-15(9-27)14-4-3-5-17(28-14)31-19-12(25)6-10(24)7-13(19)26/h3-8,11,15,18H,1-2H3/t11-,15?,18-/m0/s1. The molecule has 0 spiro atoms. The molecule has 1 aromatic heterocycles. The predicted octanol–water partition coefficient (Wildman–Crippen LogP) is 6.30. The summed E-state index contributed by atoms with van der Waals surface area (Å²) in [5.41, 5.74) is -0.330. The summed E-state index contributed by atoms with van der Waals surface area (Å²) in [6.45, 7) is 3.81. The van der Waals surface area contributed by atoms with Crippen molar-refractivity contribution in [3.8, 4) is 17.7 Å². The van der Waals surface area contributed by atoms with Gasteiger partial charge in [0.1, 0.15) is 11.9 Å². The Hall–Kier alpha value is -2.38. The number of halogens is 5. The number of ether oxygens (including phenoxy) is 2. The van der Waals surface area contributed by atoms with Crippen LogP contribution in [-0.2, 0) is 9.53 Å². The second kappa shape index (κ2) is 9.01. The van der Waals surface area contributed by atoms with E-state index in [1.807, 2.05) is 26.0 Å². The zero-order chi connectivity index (χ0) is 22.9. The van der Waals surface area contributed by atoms with Crippen molar-refractivity contribution in [2.24, 2.45) is 17.3 Å². The fraction of sp³-hybridized carbons (Fsp3) is 0.286. The van der Waals surface area contributed by atoms with Crippen LogP contribution in [0.25, 0.3) is 0 Å². The van der Waals surface area contributed by atoms with Crippen molar-refractivity contribution in [3.63, 3.8) is 0 Å². The number of carbonyl (C=O) groups excluding carboxylic acids is 1. The number of esters is 1. The van der Waals surface area contributed by atoms with E-state index in [0.29, 0.717) is 15.5 Å². The molecule has 162 valence electrons. The van der Waals surface area contributed by atoms with Gasteiger partial charge in [0.15, 0.2) is 11.6 Å². The van der Waals surface area contributed by atoms with E-state index in [4.69, 9.17) is 9.47 Å². The highest BCUT2D eigenvalue weighted by Crippen LogP contribution is 2.60. The second-order valence-electron chi connectivity index (χ2n) is 7.43. The number of nitrogens with zero attached hydrogens (tertiary/aromatic N) is 2. The lowest BCUT2D eigenvalue weighted by Gasteiger charge is -2.13. The number of aromatic nitrogens is 1. The Morgan fingerprint density at radius 2 is 1.90 bits per heavy atom. The molecule has 1 fully saturated rings. The van der Waals surface area contributed by atoms with Crippen LogP contribution in [-0.4, -0.2) is 11.0 Å². The Balaban J connectivity index is 1.78. The van der Waals surface area contributed by atoms with Gasteiger partial charge in [0.25, 0.3) is 0 Å². The molecular formula is C21H15Br2F3N2O3. The zero-order valence-corrected chi connectivity index (χ0v) is 19.4. The molecule has 0 amide bonds. The summed E-state index contributed by atoms with van der Waals surface area (Å²) in [5.74, 6) is -5.79. The van der Waals surface area contributed by atoms with Gasteiger partial charge in [-0.1, -0.05) is 26.0 Å². The van der Waals surface area contributed by atoms with Gasteiger partial charge >= 0.3 is 5.97 Å². The van der Waals surface area contributed by atoms with E-state index in [1.54, 1.807) is 0 Å². The molecule has 0 radical (unpaired) electrons. The fourth-order valence-electron chi connectivity index (χ4n) is 3.28. The molecule has 0 bridgehead atoms. The molecule has 0 aliphatic heterocycles. The Morgan fingerprint density at radius 3 is 2.48 bits per heavy atom. The first-order valence-corrected chi connectivity index (χ1v) is 10.6. The van der Waals surface area contributed by atoms with Crippen molar-refractivity contribution in [1.82, 2.24) is 4.98 Å². The van der Waals surface area contributed by atoms with Gasteiger partial charge in [-0.25, -0.2) is 18.2 Å². The first kappa shape index (κ1) is 23.3. The van der Waals surface area contributed by atoms with Crippen molar-refractivity contribution in [1.29, 1.82) is 5.26 Å². The molecule has 1 saturated carbocycles. The van der Waals surface area contributed by atoms with Gasteiger partial charge in [-0.2, -0.15) is 5.26 Å². The Bertz CT molecular complexity index is 1070. The Labute approximate surface area is 193 Å². The third-order valence-corrected chi connectivity index (χ3v) is 5.53. The first-order chi connectivity index (χ1) is 14.5. The van der Waals surface area contributed by atoms with Crippen LogP contribution in [0.4, 0.5) is 13.2 Å². The van der Waals surface area contributed by atoms with E-state index in [2.05, 4.69) is 36.8 Å². The lowest BCUT2D eigenvalue weighted by Crippen LogP contribution is -2.15. The molecule has 1 unspecified atom stereocenters. The van der Waals surface area contributed by atoms with Crippen LogP contribution >= 0.6 is 31.9 Å². The lowest BCUT2D eigenvalue weighted by atomic mass is 10.1. The van der Waals surface area contributed by atoms with Crippen molar-refractivity contribution in [2.45, 2.75) is 20.0 Å². The van der Waals surface area contributed by atoms with Crippen molar-refractivity contribution >= 4 is 37.8 Å². The maximum atomic E-state index is 13.8. The SMILES string of the molecule is CC1(C)[C@H](C(=O)OC(C#N)c2cccc(Oc3c(F)cc(F)cc3F)n2)[C@@H]1C=C(Br)Br. The van der Waals surface area contributed by atoms with E-state index in [9.17, 15) is 23.2 Å². The number of carbonyl (C=O) groups is 1. The Morgan fingerprint density at radius 1 is 1.26 bits per heavy atom. The predicted molar refractivity (Wildman–Crippen MR) is 112 cm³/mol. The van der Waals surface area contributed by atoms with Crippen LogP contribution in [0.5, 0.6) is 11.6 Å². The monoisotopic (exact) mass is 558 g/mol. The van der Waals surface area contributed by atoms with Crippen LogP contribution in [0.3, 0.4) is 0 Å². The van der Waals surface area contributed by atoms with Crippen molar-refractivity contribution in [2.75, 3.05) is 0 Å². The molecule has 1 aliphatic rings. The quantitative estimate of drug-likeness (QED) is 0.388. The third kappa shape index (κ3) is 5.10. The van der Waals surface area contributed by atoms with Gasteiger partial charge < -0.3 is 9.47 Å². The smallest absolute Gasteiger partial charge is 0.311 e. The van der Waals surface area contributed by atoms with Crippen LogP contribution in [0.15, 0.2) is 39.8 Å². The average Bonchev–Trinajstić information content (AvgIpc) is 3.22. The summed E-state index contributed by atoms with van der Waals surface area (Å²) in [7, 11) is 0. The molecule has 3 rings (SSSR count). The molecule has 1 heterocycles. The molecule has 31 heavy (non-hydrogen) atoms. The largest absolute Gasteiger partial charge is 0.440 e. The minimum atomic E-state index is -1.35. The molecule has 0 saturated heterocycles. The highest BCUT2D eigenvalue weighted by Gasteiger charge is 2.61. The van der Waals surface area contributed by atoms with E-state index < -0.39 is 41.2 Å². The van der Waals surface area contributed by atoms with Gasteiger partial charge in [0.05, 0.1) is 15.0 Å². The molecule has 0 N–H and O–H groups in total. The highest BCUT2D eigenvalue weighted by molar-refractivity contribution is 9.28. The van der Waals surface area contributed by atoms with E-state index in [-0.39, 0.29) is 22.9 Å². The summed E-state index contributed by atoms with van der Waals surface area (Å²) >= 11 is 6.54. The Kier molecular flexibility index (Phi) is 6.76. The minimum Gasteiger partial charge on any atom is -0.440 e. The summed E-state index contributed by atoms with van der Waals surface area (Å²) in [4.78, 5) is 16.6. The molecule has 2 aromatic rings. The molecule has 3 atom stereocenters. The zero-order valence-electron chi connectivity index (χ0n) is 16.2. The summed E-state index contributed by atoms with van der Waals surface area (Å²) < 4.78 is 51.9. The molecular weight excluding hydrogens is 545 g/mol. The van der Waals surface area contributed by atoms with E-state index in [0.717, 1.165) is 0 Å². The van der Waals surface area contributed by atoms with Crippen molar-refractivity contribution < 1.29 is 27.4 Å². The van der Waals surface area contributed by atoms with Crippen LogP contribution in [0.2, 0.25) is 0 Å². The number of rotatable bonds is 6. The number of benzene rings is 1. The average molecular weight is 560 g/mol. The maximum absolute atomic E-state index is 13.8. The highest BCUT2D eigenvalue weighted by atomic mass is 79.9. The maximum Gasteiger partial charge on any atom is 0.311 e. The number of allylic oxidation sites excluding steroid dienone is 1. The lowest BCUT2D eigenvalue weighted by molar-refractivity contribution is -0.149. The topological polar surface area (TPSA) is 72.2 Å². The van der Waals surface area contributed by atoms with E-state index in [1.165, 1.54) is 18.2 Å². The molecule has 1 aromatic carbocycles. The van der Waals surface area contributed by atoms with Crippen LogP contribution in [0.1, 0.15) is 25.6 Å². The molecule has 5 nitrogen and oxygen atoms in total. The summed E-state index contributed by atoms with van der Waals surface area (Å²) in [6, 6.07) is 6.90. The first-order valence-electron chi connectivity index (χ1n) is 8.97. The molecule has 10 heteroatoms. The van der Waals surface area contributed by atoms with Crippen LogP contribution in [0, 0.1) is 46.0 Å². The fourth-order valence-corrected chi connectivity index (χ4v) is 3.85. The number of nitriles is 1. The number of pyridine rings is 1. The van der Waals surface area contributed by atoms with Crippen LogP contribution < -0.4 is 4.74 Å². The summed E-state index contributed by atoms with van der Waals surface area (Å²) in [5, 5.41) is 9.47. The number of hydrogen-bond acceptors (Lipinski definition) is 5. The number of hydrogen-bond donors (Lipinski definition) is 0. The molecule has 1 aliphatic carbocycles. The summed E-state index contributed by atoms with van der Waals surface area (Å²) in [6.07, 6.45) is 0.485. The van der Waals surface area contributed by atoms with Gasteiger partial charge in [-0.05, 0) is 49.3 Å². The van der Waals surface area contributed by atoms with Gasteiger partial charge in [0.2, 0.25) is 17.7 Å². The van der Waals surface area contributed by atoms with Gasteiger partial charge in [-0.3, -0.25) is 4.79 Å². The third-order valence-electron chi connectivity index (χ3n) is 5.00. The minimum absolute atomic E-state index is 0.0171. The van der Waals surface area contributed by atoms with Gasteiger partial charge in [0, 0.05) is 18.2 Å². The normalized spacial score (nSPS) is 19.7. The second-order valence-corrected chi connectivity index (χ2v) is 10.2. The van der Waals surface area contributed by atoms with Crippen molar-refractivity contribution in [3.05, 3.63) is 62.9 Å². The van der Waals surface area contributed by atoms with E-state index >= 15 is 0 Å². The van der Waals surface area contributed by atoms with Gasteiger partial charge in [-0.15, -0.1) is 0 Å².